The average Bonchev–Trinajstić information content (AvgIpc) is 2.92. The lowest BCUT2D eigenvalue weighted by molar-refractivity contribution is 0.573. The molecule has 0 saturated carbocycles. The molecule has 0 unspecified atom stereocenters. The van der Waals surface area contributed by atoms with Crippen LogP contribution in [0.4, 0.5) is 0 Å². The Morgan fingerprint density at radius 2 is 1.65 bits per heavy atom. The van der Waals surface area contributed by atoms with Crippen LogP contribution in [0.2, 0.25) is 0 Å². The van der Waals surface area contributed by atoms with Crippen LogP contribution in [0.1, 0.15) is 26.3 Å². The Morgan fingerprint density at radius 1 is 0.870 bits per heavy atom. The van der Waals surface area contributed by atoms with Crippen molar-refractivity contribution in [3.05, 3.63) is 66.4 Å². The van der Waals surface area contributed by atoms with Crippen LogP contribution in [-0.4, -0.2) is 4.98 Å². The molecule has 0 atom stereocenters. The molecule has 23 heavy (non-hydrogen) atoms. The molecule has 0 aliphatic heterocycles. The summed E-state index contributed by atoms with van der Waals surface area (Å²) in [5.74, 6) is 0. The summed E-state index contributed by atoms with van der Waals surface area (Å²) in [6.45, 7) is 6.63. The highest BCUT2D eigenvalue weighted by Gasteiger charge is 2.20. The monoisotopic (exact) mass is 301 g/mol. The molecule has 114 valence electrons. The number of hydrogen-bond donors (Lipinski definition) is 0. The summed E-state index contributed by atoms with van der Waals surface area (Å²) in [6, 6.07) is 18.6. The standard InChI is InChI=1S/C21H19NO/c1-21(2,3)17-11-7-10-15-16-13-22-18(12-19(16)23-20(15)17)14-8-5-4-6-9-14/h4-13H,1-3H3. The van der Waals surface area contributed by atoms with Gasteiger partial charge in [0.2, 0.25) is 0 Å². The minimum atomic E-state index is 0.0447. The fraction of sp³-hybridized carbons (Fsp3) is 0.190. The second kappa shape index (κ2) is 4.95. The molecule has 0 N–H and O–H groups in total. The van der Waals surface area contributed by atoms with Crippen molar-refractivity contribution in [2.24, 2.45) is 0 Å². The number of hydrogen-bond acceptors (Lipinski definition) is 2. The van der Waals surface area contributed by atoms with Gasteiger partial charge >= 0.3 is 0 Å². The summed E-state index contributed by atoms with van der Waals surface area (Å²) >= 11 is 0. The molecule has 2 heteroatoms. The van der Waals surface area contributed by atoms with Gasteiger partial charge in [0.05, 0.1) is 5.69 Å². The first kappa shape index (κ1) is 14.0. The normalized spacial score (nSPS) is 12.1. The van der Waals surface area contributed by atoms with E-state index in [2.05, 4.69) is 56.1 Å². The molecule has 4 aromatic rings. The third-order valence-electron chi connectivity index (χ3n) is 4.26. The molecule has 4 rings (SSSR count). The second-order valence-electron chi connectivity index (χ2n) is 6.97. The third kappa shape index (κ3) is 2.31. The van der Waals surface area contributed by atoms with Gasteiger partial charge in [0.1, 0.15) is 11.2 Å². The van der Waals surface area contributed by atoms with E-state index >= 15 is 0 Å². The summed E-state index contributed by atoms with van der Waals surface area (Å²) in [5, 5.41) is 2.21. The molecule has 0 radical (unpaired) electrons. The molecule has 0 fully saturated rings. The van der Waals surface area contributed by atoms with Gasteiger partial charge in [-0.1, -0.05) is 69.3 Å². The van der Waals surface area contributed by atoms with E-state index in [1.807, 2.05) is 30.5 Å². The molecule has 2 aromatic heterocycles. The average molecular weight is 301 g/mol. The Morgan fingerprint density at radius 3 is 2.39 bits per heavy atom. The van der Waals surface area contributed by atoms with Crippen LogP contribution >= 0.6 is 0 Å². The molecule has 0 bridgehead atoms. The number of furan rings is 1. The molecule has 0 aliphatic carbocycles. The van der Waals surface area contributed by atoms with E-state index in [-0.39, 0.29) is 5.41 Å². The van der Waals surface area contributed by atoms with Gasteiger partial charge in [-0.05, 0) is 5.41 Å². The summed E-state index contributed by atoms with van der Waals surface area (Å²) in [5.41, 5.74) is 5.18. The topological polar surface area (TPSA) is 26.0 Å². The van der Waals surface area contributed by atoms with Crippen LogP contribution in [0.3, 0.4) is 0 Å². The fourth-order valence-corrected chi connectivity index (χ4v) is 3.05. The van der Waals surface area contributed by atoms with Crippen LogP contribution in [0.25, 0.3) is 33.2 Å². The van der Waals surface area contributed by atoms with Gasteiger partial charge in [-0.25, -0.2) is 0 Å². The molecule has 2 heterocycles. The zero-order valence-corrected chi connectivity index (χ0v) is 13.6. The van der Waals surface area contributed by atoms with Crippen molar-refractivity contribution in [3.63, 3.8) is 0 Å². The number of nitrogens with zero attached hydrogens (tertiary/aromatic N) is 1. The minimum Gasteiger partial charge on any atom is -0.456 e. The lowest BCUT2D eigenvalue weighted by atomic mass is 9.86. The highest BCUT2D eigenvalue weighted by atomic mass is 16.3. The van der Waals surface area contributed by atoms with Gasteiger partial charge < -0.3 is 4.42 Å². The smallest absolute Gasteiger partial charge is 0.139 e. The van der Waals surface area contributed by atoms with E-state index in [0.29, 0.717) is 0 Å². The van der Waals surface area contributed by atoms with Gasteiger partial charge in [0.25, 0.3) is 0 Å². The molecule has 2 aromatic carbocycles. The fourth-order valence-electron chi connectivity index (χ4n) is 3.05. The minimum absolute atomic E-state index is 0.0447. The second-order valence-corrected chi connectivity index (χ2v) is 6.97. The largest absolute Gasteiger partial charge is 0.456 e. The maximum absolute atomic E-state index is 6.23. The van der Waals surface area contributed by atoms with Crippen LogP contribution < -0.4 is 0 Å². The lowest BCUT2D eigenvalue weighted by Crippen LogP contribution is -2.10. The maximum Gasteiger partial charge on any atom is 0.139 e. The van der Waals surface area contributed by atoms with Crippen LogP contribution in [0.5, 0.6) is 0 Å². The van der Waals surface area contributed by atoms with Gasteiger partial charge in [-0.3, -0.25) is 4.98 Å². The molecular formula is C21H19NO. The number of aromatic nitrogens is 1. The van der Waals surface area contributed by atoms with Crippen molar-refractivity contribution < 1.29 is 4.42 Å². The lowest BCUT2D eigenvalue weighted by Gasteiger charge is -2.18. The van der Waals surface area contributed by atoms with E-state index in [0.717, 1.165) is 33.2 Å². The first-order chi connectivity index (χ1) is 11.0. The number of pyridine rings is 1. The van der Waals surface area contributed by atoms with Gasteiger partial charge in [-0.15, -0.1) is 0 Å². The van der Waals surface area contributed by atoms with E-state index in [1.54, 1.807) is 0 Å². The van der Waals surface area contributed by atoms with Crippen LogP contribution in [0, 0.1) is 0 Å². The van der Waals surface area contributed by atoms with Crippen molar-refractivity contribution in [3.8, 4) is 11.3 Å². The molecule has 0 amide bonds. The van der Waals surface area contributed by atoms with Crippen molar-refractivity contribution in [1.82, 2.24) is 4.98 Å². The summed E-state index contributed by atoms with van der Waals surface area (Å²) in [6.07, 6.45) is 1.93. The quantitative estimate of drug-likeness (QED) is 0.434. The Kier molecular flexibility index (Phi) is 3.02. The van der Waals surface area contributed by atoms with Crippen molar-refractivity contribution in [2.45, 2.75) is 26.2 Å². The Labute approximate surface area is 135 Å². The third-order valence-corrected chi connectivity index (χ3v) is 4.26. The van der Waals surface area contributed by atoms with Crippen LogP contribution in [-0.2, 0) is 5.41 Å². The molecule has 0 saturated heterocycles. The molecule has 0 aliphatic rings. The van der Waals surface area contributed by atoms with Gasteiger partial charge in [0.15, 0.2) is 0 Å². The van der Waals surface area contributed by atoms with Crippen molar-refractivity contribution >= 4 is 21.9 Å². The van der Waals surface area contributed by atoms with Crippen LogP contribution in [0.15, 0.2) is 65.2 Å². The number of para-hydroxylation sites is 1. The van der Waals surface area contributed by atoms with E-state index in [1.165, 1.54) is 5.56 Å². The van der Waals surface area contributed by atoms with E-state index in [9.17, 15) is 0 Å². The first-order valence-electron chi connectivity index (χ1n) is 7.91. The first-order valence-corrected chi connectivity index (χ1v) is 7.91. The predicted octanol–water partition coefficient (Wildman–Crippen LogP) is 5.95. The Hall–Kier alpha value is -2.61. The summed E-state index contributed by atoms with van der Waals surface area (Å²) in [4.78, 5) is 4.63. The molecule has 0 spiro atoms. The molecule has 2 nitrogen and oxygen atoms in total. The highest BCUT2D eigenvalue weighted by molar-refractivity contribution is 6.06. The number of rotatable bonds is 1. The van der Waals surface area contributed by atoms with Gasteiger partial charge in [0, 0.05) is 34.2 Å². The van der Waals surface area contributed by atoms with Crippen molar-refractivity contribution in [1.29, 1.82) is 0 Å². The zero-order valence-electron chi connectivity index (χ0n) is 13.6. The predicted molar refractivity (Wildman–Crippen MR) is 95.7 cm³/mol. The summed E-state index contributed by atoms with van der Waals surface area (Å²) in [7, 11) is 0. The van der Waals surface area contributed by atoms with E-state index in [4.69, 9.17) is 4.42 Å². The van der Waals surface area contributed by atoms with E-state index < -0.39 is 0 Å². The zero-order chi connectivity index (χ0) is 16.0. The Balaban J connectivity index is 1.99. The van der Waals surface area contributed by atoms with Gasteiger partial charge in [-0.2, -0.15) is 0 Å². The summed E-state index contributed by atoms with van der Waals surface area (Å²) < 4.78 is 6.23. The van der Waals surface area contributed by atoms with Crippen molar-refractivity contribution in [2.75, 3.05) is 0 Å². The highest BCUT2D eigenvalue weighted by Crippen LogP contribution is 2.36. The Bertz CT molecular complexity index is 991. The SMILES string of the molecule is CC(C)(C)c1cccc2c1oc1cc(-c3ccccc3)ncc12. The maximum atomic E-state index is 6.23. The number of benzene rings is 2. The molecular weight excluding hydrogens is 282 g/mol. The number of fused-ring (bicyclic) bond motifs is 3.